The van der Waals surface area contributed by atoms with Crippen molar-refractivity contribution in [1.29, 1.82) is 0 Å². The average Bonchev–Trinajstić information content (AvgIpc) is 1.96. The summed E-state index contributed by atoms with van der Waals surface area (Å²) in [6.45, 7) is 0.325. The molecule has 70 valence electrons. The van der Waals surface area contributed by atoms with Crippen LogP contribution in [0.1, 0.15) is 12.8 Å². The Kier molecular flexibility index (Phi) is 2.46. The van der Waals surface area contributed by atoms with E-state index < -0.39 is 5.92 Å². The van der Waals surface area contributed by atoms with Crippen molar-refractivity contribution < 1.29 is 8.78 Å². The number of halogens is 2. The van der Waals surface area contributed by atoms with E-state index in [0.29, 0.717) is 6.54 Å². The van der Waals surface area contributed by atoms with Crippen molar-refractivity contribution in [2.75, 3.05) is 6.54 Å². The Bertz CT molecular complexity index is 184. The number of nitrogens with zero attached hydrogens (tertiary/aromatic N) is 1. The second-order valence-electron chi connectivity index (χ2n) is 3.00. The molecule has 0 atom stereocenters. The molecular weight excluding hydrogens is 166 g/mol. The number of nitrogens with one attached hydrogen (secondary N) is 1. The SMILES string of the molecule is NNC(N)=NCC1CC(F)(F)C1. The highest BCUT2D eigenvalue weighted by Gasteiger charge is 2.44. The number of aliphatic imine (C=N–C) groups is 1. The summed E-state index contributed by atoms with van der Waals surface area (Å²) in [6.07, 6.45) is -0.178. The van der Waals surface area contributed by atoms with Gasteiger partial charge in [-0.1, -0.05) is 0 Å². The smallest absolute Gasteiger partial charge is 0.248 e. The summed E-state index contributed by atoms with van der Waals surface area (Å²) in [5, 5.41) is 0. The van der Waals surface area contributed by atoms with Crippen molar-refractivity contribution in [3.05, 3.63) is 0 Å². The summed E-state index contributed by atoms with van der Waals surface area (Å²) < 4.78 is 24.5. The fourth-order valence-electron chi connectivity index (χ4n) is 1.19. The summed E-state index contributed by atoms with van der Waals surface area (Å²) in [4.78, 5) is 3.76. The molecule has 1 fully saturated rings. The largest absolute Gasteiger partial charge is 0.369 e. The lowest BCUT2D eigenvalue weighted by Gasteiger charge is -2.33. The molecule has 0 heterocycles. The molecule has 0 amide bonds. The minimum atomic E-state index is -2.48. The number of hydrogen-bond acceptors (Lipinski definition) is 2. The zero-order valence-corrected chi connectivity index (χ0v) is 6.56. The van der Waals surface area contributed by atoms with Gasteiger partial charge < -0.3 is 5.73 Å². The monoisotopic (exact) mass is 178 g/mol. The van der Waals surface area contributed by atoms with Crippen LogP contribution in [-0.2, 0) is 0 Å². The fourth-order valence-corrected chi connectivity index (χ4v) is 1.19. The van der Waals surface area contributed by atoms with E-state index in [0.717, 1.165) is 0 Å². The topological polar surface area (TPSA) is 76.4 Å². The average molecular weight is 178 g/mol. The van der Waals surface area contributed by atoms with Crippen LogP contribution in [0.3, 0.4) is 0 Å². The van der Waals surface area contributed by atoms with Gasteiger partial charge in [0.15, 0.2) is 0 Å². The van der Waals surface area contributed by atoms with Crippen LogP contribution in [0.25, 0.3) is 0 Å². The molecule has 5 N–H and O–H groups in total. The Hall–Kier alpha value is -0.910. The fraction of sp³-hybridized carbons (Fsp3) is 0.833. The number of guanidine groups is 1. The van der Waals surface area contributed by atoms with Gasteiger partial charge in [0.25, 0.3) is 0 Å². The lowest BCUT2D eigenvalue weighted by molar-refractivity contribution is -0.107. The van der Waals surface area contributed by atoms with Gasteiger partial charge >= 0.3 is 0 Å². The molecule has 0 aromatic carbocycles. The first-order valence-electron chi connectivity index (χ1n) is 3.68. The molecule has 0 bridgehead atoms. The van der Waals surface area contributed by atoms with Crippen molar-refractivity contribution in [3.63, 3.8) is 0 Å². The van der Waals surface area contributed by atoms with Crippen molar-refractivity contribution in [2.45, 2.75) is 18.8 Å². The molecule has 0 unspecified atom stereocenters. The Morgan fingerprint density at radius 1 is 1.58 bits per heavy atom. The first-order chi connectivity index (χ1) is 5.53. The summed E-state index contributed by atoms with van der Waals surface area (Å²) in [7, 11) is 0. The molecule has 1 saturated carbocycles. The Morgan fingerprint density at radius 2 is 2.17 bits per heavy atom. The minimum Gasteiger partial charge on any atom is -0.369 e. The lowest BCUT2D eigenvalue weighted by Crippen LogP contribution is -2.40. The van der Waals surface area contributed by atoms with E-state index in [-0.39, 0.29) is 24.7 Å². The van der Waals surface area contributed by atoms with E-state index in [1.807, 2.05) is 0 Å². The number of nitrogens with two attached hydrogens (primary N) is 2. The summed E-state index contributed by atoms with van der Waals surface area (Å²) in [5.74, 6) is 2.48. The maximum atomic E-state index is 12.3. The molecule has 0 spiro atoms. The van der Waals surface area contributed by atoms with Crippen LogP contribution in [0.15, 0.2) is 4.99 Å². The standard InChI is InChI=1S/C6H12F2N4/c7-6(8)1-4(2-6)3-11-5(9)12-10/h4H,1-3,10H2,(H3,9,11,12). The van der Waals surface area contributed by atoms with Gasteiger partial charge in [0.1, 0.15) is 0 Å². The van der Waals surface area contributed by atoms with E-state index in [9.17, 15) is 8.78 Å². The van der Waals surface area contributed by atoms with Gasteiger partial charge in [-0.3, -0.25) is 10.4 Å². The molecule has 12 heavy (non-hydrogen) atoms. The maximum Gasteiger partial charge on any atom is 0.248 e. The van der Waals surface area contributed by atoms with Gasteiger partial charge in [0, 0.05) is 19.4 Å². The van der Waals surface area contributed by atoms with Crippen LogP contribution in [0.4, 0.5) is 8.78 Å². The normalized spacial score (nSPS) is 23.4. The van der Waals surface area contributed by atoms with Gasteiger partial charge in [-0.2, -0.15) is 0 Å². The molecule has 1 rings (SSSR count). The zero-order chi connectivity index (χ0) is 9.19. The van der Waals surface area contributed by atoms with Crippen LogP contribution < -0.4 is 17.0 Å². The van der Waals surface area contributed by atoms with Gasteiger partial charge in [-0.15, -0.1) is 0 Å². The highest BCUT2D eigenvalue weighted by atomic mass is 19.3. The number of hydrogen-bond donors (Lipinski definition) is 3. The highest BCUT2D eigenvalue weighted by molar-refractivity contribution is 5.77. The molecule has 0 aliphatic heterocycles. The molecule has 6 heteroatoms. The Morgan fingerprint density at radius 3 is 2.58 bits per heavy atom. The van der Waals surface area contributed by atoms with Crippen LogP contribution in [0.2, 0.25) is 0 Å². The van der Waals surface area contributed by atoms with E-state index in [1.165, 1.54) is 0 Å². The third-order valence-corrected chi connectivity index (χ3v) is 1.84. The van der Waals surface area contributed by atoms with E-state index >= 15 is 0 Å². The number of alkyl halides is 2. The summed E-state index contributed by atoms with van der Waals surface area (Å²) >= 11 is 0. The highest BCUT2D eigenvalue weighted by Crippen LogP contribution is 2.42. The Balaban J connectivity index is 2.20. The number of rotatable bonds is 2. The molecule has 0 aromatic heterocycles. The molecule has 4 nitrogen and oxygen atoms in total. The first-order valence-corrected chi connectivity index (χ1v) is 3.68. The van der Waals surface area contributed by atoms with Crippen molar-refractivity contribution in [1.82, 2.24) is 5.43 Å². The molecule has 0 radical (unpaired) electrons. The second kappa shape index (κ2) is 3.22. The maximum absolute atomic E-state index is 12.3. The van der Waals surface area contributed by atoms with Gasteiger partial charge in [-0.25, -0.2) is 14.6 Å². The second-order valence-corrected chi connectivity index (χ2v) is 3.00. The number of hydrazine groups is 1. The molecule has 0 saturated heterocycles. The molecule has 1 aliphatic carbocycles. The van der Waals surface area contributed by atoms with Crippen molar-refractivity contribution >= 4 is 5.96 Å². The molecular formula is C6H12F2N4. The van der Waals surface area contributed by atoms with Crippen LogP contribution in [0, 0.1) is 5.92 Å². The van der Waals surface area contributed by atoms with Crippen LogP contribution in [-0.4, -0.2) is 18.4 Å². The summed E-state index contributed by atoms with van der Waals surface area (Å²) in [5.41, 5.74) is 7.32. The van der Waals surface area contributed by atoms with Gasteiger partial charge in [-0.05, 0) is 5.92 Å². The van der Waals surface area contributed by atoms with E-state index in [1.54, 1.807) is 0 Å². The molecule has 0 aromatic rings. The van der Waals surface area contributed by atoms with Crippen LogP contribution >= 0.6 is 0 Å². The molecule has 1 aliphatic rings. The van der Waals surface area contributed by atoms with Gasteiger partial charge in [0.2, 0.25) is 11.9 Å². The minimum absolute atomic E-state index is 0.0492. The van der Waals surface area contributed by atoms with Crippen LogP contribution in [0.5, 0.6) is 0 Å². The third-order valence-electron chi connectivity index (χ3n) is 1.84. The predicted octanol–water partition coefficient (Wildman–Crippen LogP) is -0.190. The quantitative estimate of drug-likeness (QED) is 0.237. The first kappa shape index (κ1) is 9.18. The van der Waals surface area contributed by atoms with E-state index in [2.05, 4.69) is 10.4 Å². The van der Waals surface area contributed by atoms with Crippen molar-refractivity contribution in [3.8, 4) is 0 Å². The lowest BCUT2D eigenvalue weighted by atomic mass is 9.81. The zero-order valence-electron chi connectivity index (χ0n) is 6.56. The van der Waals surface area contributed by atoms with Crippen molar-refractivity contribution in [2.24, 2.45) is 22.5 Å². The van der Waals surface area contributed by atoms with E-state index in [4.69, 9.17) is 11.6 Å². The Labute approximate surface area is 69.0 Å². The predicted molar refractivity (Wildman–Crippen MR) is 41.5 cm³/mol. The summed E-state index contributed by atoms with van der Waals surface area (Å²) in [6, 6.07) is 0. The third kappa shape index (κ3) is 2.30. The van der Waals surface area contributed by atoms with Gasteiger partial charge in [0.05, 0.1) is 0 Å².